The van der Waals surface area contributed by atoms with E-state index in [9.17, 15) is 4.79 Å². The van der Waals surface area contributed by atoms with Crippen molar-refractivity contribution in [2.45, 2.75) is 112 Å². The van der Waals surface area contributed by atoms with Crippen LogP contribution in [0.15, 0.2) is 24.3 Å². The summed E-state index contributed by atoms with van der Waals surface area (Å²) in [4.78, 5) is 13.0. The topological polar surface area (TPSA) is 26.3 Å². The van der Waals surface area contributed by atoms with Crippen LogP contribution in [0.1, 0.15) is 122 Å². The third-order valence-electron chi connectivity index (χ3n) is 7.67. The summed E-state index contributed by atoms with van der Waals surface area (Å²) in [5.74, 6) is 0.708. The van der Waals surface area contributed by atoms with Crippen molar-refractivity contribution in [2.24, 2.45) is 16.7 Å². The lowest BCUT2D eigenvalue weighted by molar-refractivity contribution is -0.0285. The minimum Gasteiger partial charge on any atom is -0.456 e. The van der Waals surface area contributed by atoms with Gasteiger partial charge in [-0.2, -0.15) is 0 Å². The van der Waals surface area contributed by atoms with Gasteiger partial charge in [-0.1, -0.05) is 79.4 Å². The van der Waals surface area contributed by atoms with Gasteiger partial charge in [0.1, 0.15) is 5.60 Å². The molecule has 1 aliphatic carbocycles. The molecule has 0 heterocycles. The average molecular weight is 401 g/mol. The standard InChI is InChI=1S/C27H44O2/c1-9-27(8,10-2)19-23(25(3,4)5)20-14-13-15-21(18-20)24(28)29-26(6,7)22-16-11-12-17-22/h13-15,18,22-23H,9-12,16-17,19H2,1-8H3. The van der Waals surface area contributed by atoms with Crippen LogP contribution in [0.5, 0.6) is 0 Å². The second-order valence-electron chi connectivity index (χ2n) is 11.2. The number of carbonyl (C=O) groups is 1. The van der Waals surface area contributed by atoms with Crippen molar-refractivity contribution >= 4 is 5.97 Å². The summed E-state index contributed by atoms with van der Waals surface area (Å²) in [5, 5.41) is 0. The van der Waals surface area contributed by atoms with Crippen LogP contribution in [-0.4, -0.2) is 11.6 Å². The Balaban J connectivity index is 2.26. The molecule has 1 aromatic rings. The lowest BCUT2D eigenvalue weighted by Gasteiger charge is -2.39. The fourth-order valence-corrected chi connectivity index (χ4v) is 4.84. The lowest BCUT2D eigenvalue weighted by Crippen LogP contribution is -2.35. The van der Waals surface area contributed by atoms with Crippen LogP contribution in [0.4, 0.5) is 0 Å². The Kier molecular flexibility index (Phi) is 7.63. The largest absolute Gasteiger partial charge is 0.456 e. The monoisotopic (exact) mass is 400 g/mol. The highest BCUT2D eigenvalue weighted by molar-refractivity contribution is 5.90. The second kappa shape index (κ2) is 9.23. The van der Waals surface area contributed by atoms with Crippen LogP contribution in [0.2, 0.25) is 0 Å². The number of hydrogen-bond donors (Lipinski definition) is 0. The van der Waals surface area contributed by atoms with E-state index in [4.69, 9.17) is 4.74 Å². The molecule has 2 nitrogen and oxygen atoms in total. The molecular weight excluding hydrogens is 356 g/mol. The molecule has 1 saturated carbocycles. The maximum Gasteiger partial charge on any atom is 0.338 e. The number of benzene rings is 1. The number of hydrogen-bond acceptors (Lipinski definition) is 2. The first-order chi connectivity index (χ1) is 13.4. The van der Waals surface area contributed by atoms with Crippen LogP contribution >= 0.6 is 0 Å². The number of carbonyl (C=O) groups excluding carboxylic acids is 1. The van der Waals surface area contributed by atoms with E-state index < -0.39 is 5.60 Å². The Bertz CT molecular complexity index is 670. The maximum atomic E-state index is 13.0. The maximum absolute atomic E-state index is 13.0. The van der Waals surface area contributed by atoms with Crippen molar-refractivity contribution in [1.82, 2.24) is 0 Å². The third kappa shape index (κ3) is 6.09. The van der Waals surface area contributed by atoms with E-state index in [1.807, 2.05) is 12.1 Å². The molecule has 1 atom stereocenters. The molecule has 1 aromatic carbocycles. The van der Waals surface area contributed by atoms with E-state index in [1.54, 1.807) is 0 Å². The van der Waals surface area contributed by atoms with Crippen molar-refractivity contribution < 1.29 is 9.53 Å². The normalized spacial score (nSPS) is 17.4. The van der Waals surface area contributed by atoms with Crippen LogP contribution in [0.25, 0.3) is 0 Å². The van der Waals surface area contributed by atoms with Gasteiger partial charge in [-0.3, -0.25) is 0 Å². The van der Waals surface area contributed by atoms with Gasteiger partial charge in [0.2, 0.25) is 0 Å². The molecule has 0 spiro atoms. The molecule has 2 rings (SSSR count). The van der Waals surface area contributed by atoms with Gasteiger partial charge in [0.25, 0.3) is 0 Å². The van der Waals surface area contributed by atoms with Crippen LogP contribution in [0.3, 0.4) is 0 Å². The highest BCUT2D eigenvalue weighted by Gasteiger charge is 2.36. The highest BCUT2D eigenvalue weighted by Crippen LogP contribution is 2.46. The minimum atomic E-state index is -0.393. The Morgan fingerprint density at radius 2 is 1.62 bits per heavy atom. The smallest absolute Gasteiger partial charge is 0.338 e. The van der Waals surface area contributed by atoms with Crippen LogP contribution < -0.4 is 0 Å². The van der Waals surface area contributed by atoms with Gasteiger partial charge >= 0.3 is 5.97 Å². The molecule has 0 bridgehead atoms. The molecule has 29 heavy (non-hydrogen) atoms. The third-order valence-corrected chi connectivity index (χ3v) is 7.67. The Morgan fingerprint density at radius 3 is 2.14 bits per heavy atom. The van der Waals surface area contributed by atoms with E-state index in [0.717, 1.165) is 6.42 Å². The second-order valence-corrected chi connectivity index (χ2v) is 11.2. The summed E-state index contributed by atoms with van der Waals surface area (Å²) >= 11 is 0. The first kappa shape index (κ1) is 24.0. The highest BCUT2D eigenvalue weighted by atomic mass is 16.6. The fraction of sp³-hybridized carbons (Fsp3) is 0.741. The summed E-state index contributed by atoms with van der Waals surface area (Å²) in [5.41, 5.74) is 2.02. The van der Waals surface area contributed by atoms with Gasteiger partial charge in [-0.15, -0.1) is 0 Å². The van der Waals surface area contributed by atoms with Gasteiger partial charge in [0.15, 0.2) is 0 Å². The predicted octanol–water partition coefficient (Wildman–Crippen LogP) is 8.16. The molecule has 1 aliphatic rings. The Morgan fingerprint density at radius 1 is 1.03 bits per heavy atom. The Hall–Kier alpha value is -1.31. The summed E-state index contributed by atoms with van der Waals surface area (Å²) in [6.07, 6.45) is 8.32. The summed E-state index contributed by atoms with van der Waals surface area (Å²) < 4.78 is 6.03. The van der Waals surface area contributed by atoms with E-state index in [1.165, 1.54) is 44.1 Å². The van der Waals surface area contributed by atoms with Crippen molar-refractivity contribution in [3.8, 4) is 0 Å². The fourth-order valence-electron chi connectivity index (χ4n) is 4.84. The van der Waals surface area contributed by atoms with Gasteiger partial charge < -0.3 is 4.74 Å². The molecule has 0 amide bonds. The summed E-state index contributed by atoms with van der Waals surface area (Å²) in [6, 6.07) is 8.23. The van der Waals surface area contributed by atoms with Crippen molar-refractivity contribution in [3.05, 3.63) is 35.4 Å². The van der Waals surface area contributed by atoms with Crippen LogP contribution in [0, 0.1) is 16.7 Å². The Labute approximate surface area is 179 Å². The van der Waals surface area contributed by atoms with E-state index in [-0.39, 0.29) is 11.4 Å². The summed E-state index contributed by atoms with van der Waals surface area (Å²) in [6.45, 7) is 18.1. The number of rotatable bonds is 8. The zero-order valence-electron chi connectivity index (χ0n) is 20.2. The molecular formula is C27H44O2. The average Bonchev–Trinajstić information content (AvgIpc) is 3.20. The minimum absolute atomic E-state index is 0.136. The SMILES string of the molecule is CCC(C)(CC)CC(c1cccc(C(=O)OC(C)(C)C2CCCC2)c1)C(C)(C)C. The van der Waals surface area contributed by atoms with Crippen molar-refractivity contribution in [2.75, 3.05) is 0 Å². The molecule has 2 heteroatoms. The molecule has 0 radical (unpaired) electrons. The zero-order valence-corrected chi connectivity index (χ0v) is 20.2. The van der Waals surface area contributed by atoms with E-state index >= 15 is 0 Å². The number of esters is 1. The zero-order chi connectivity index (χ0) is 21.9. The lowest BCUT2D eigenvalue weighted by atomic mass is 9.66. The van der Waals surface area contributed by atoms with Gasteiger partial charge in [0.05, 0.1) is 5.56 Å². The van der Waals surface area contributed by atoms with Gasteiger partial charge in [-0.05, 0) is 73.5 Å². The first-order valence-corrected chi connectivity index (χ1v) is 11.7. The van der Waals surface area contributed by atoms with Crippen molar-refractivity contribution in [1.29, 1.82) is 0 Å². The first-order valence-electron chi connectivity index (χ1n) is 11.7. The quantitative estimate of drug-likeness (QED) is 0.411. The van der Waals surface area contributed by atoms with Gasteiger partial charge in [-0.25, -0.2) is 4.79 Å². The molecule has 0 aromatic heterocycles. The summed E-state index contributed by atoms with van der Waals surface area (Å²) in [7, 11) is 0. The number of ether oxygens (including phenoxy) is 1. The van der Waals surface area contributed by atoms with Crippen LogP contribution in [-0.2, 0) is 4.74 Å². The molecule has 0 aliphatic heterocycles. The predicted molar refractivity (Wildman–Crippen MR) is 123 cm³/mol. The van der Waals surface area contributed by atoms with E-state index in [0.29, 0.717) is 22.8 Å². The van der Waals surface area contributed by atoms with E-state index in [2.05, 4.69) is 67.5 Å². The molecule has 1 unspecified atom stereocenters. The molecule has 164 valence electrons. The van der Waals surface area contributed by atoms with Crippen molar-refractivity contribution in [3.63, 3.8) is 0 Å². The van der Waals surface area contributed by atoms with Gasteiger partial charge in [0, 0.05) is 0 Å². The molecule has 0 saturated heterocycles. The molecule has 1 fully saturated rings. The molecule has 0 N–H and O–H groups in total.